The van der Waals surface area contributed by atoms with Gasteiger partial charge in [-0.1, -0.05) is 17.7 Å². The van der Waals surface area contributed by atoms with Crippen LogP contribution in [-0.4, -0.2) is 36.4 Å². The first-order chi connectivity index (χ1) is 9.20. The molecule has 2 rings (SSSR count). The number of rotatable bonds is 5. The molecule has 6 heteroatoms. The van der Waals surface area contributed by atoms with E-state index in [9.17, 15) is 4.79 Å². The van der Waals surface area contributed by atoms with Crippen molar-refractivity contribution < 1.29 is 13.9 Å². The van der Waals surface area contributed by atoms with Crippen LogP contribution in [0.4, 0.5) is 0 Å². The first-order valence-electron chi connectivity index (χ1n) is 5.88. The lowest BCUT2D eigenvalue weighted by Crippen LogP contribution is -2.27. The minimum atomic E-state index is -0.400. The number of methoxy groups -OCH3 is 1. The predicted octanol–water partition coefficient (Wildman–Crippen LogP) is 1.42. The van der Waals surface area contributed by atoms with Crippen LogP contribution in [0.1, 0.15) is 16.2 Å². The maximum atomic E-state index is 11.7. The number of carbonyl (C=O) groups excluding carboxylic acids is 1. The van der Waals surface area contributed by atoms with Crippen LogP contribution in [0.3, 0.4) is 0 Å². The van der Waals surface area contributed by atoms with Gasteiger partial charge in [0.05, 0.1) is 6.61 Å². The van der Waals surface area contributed by atoms with Gasteiger partial charge in [0, 0.05) is 19.2 Å². The van der Waals surface area contributed by atoms with Crippen LogP contribution < -0.4 is 5.32 Å². The molecule has 0 aliphatic rings. The van der Waals surface area contributed by atoms with Crippen molar-refractivity contribution in [1.82, 2.24) is 15.5 Å². The number of hydrogen-bond donors (Lipinski definition) is 1. The molecule has 0 saturated carbocycles. The van der Waals surface area contributed by atoms with E-state index >= 15 is 0 Å². The predicted molar refractivity (Wildman–Crippen MR) is 68.7 cm³/mol. The fraction of sp³-hybridized carbons (Fsp3) is 0.308. The summed E-state index contributed by atoms with van der Waals surface area (Å²) in [5, 5.41) is 10.2. The van der Waals surface area contributed by atoms with E-state index in [1.807, 2.05) is 31.2 Å². The molecule has 0 radical (unpaired) electrons. The summed E-state index contributed by atoms with van der Waals surface area (Å²) in [7, 11) is 1.56. The van der Waals surface area contributed by atoms with Gasteiger partial charge in [-0.3, -0.25) is 4.79 Å². The van der Waals surface area contributed by atoms with Crippen molar-refractivity contribution in [3.05, 3.63) is 35.7 Å². The summed E-state index contributed by atoms with van der Waals surface area (Å²) >= 11 is 0. The van der Waals surface area contributed by atoms with Crippen LogP contribution in [0, 0.1) is 6.92 Å². The largest absolute Gasteiger partial charge is 0.412 e. The molecular weight excluding hydrogens is 246 g/mol. The van der Waals surface area contributed by atoms with E-state index in [2.05, 4.69) is 15.5 Å². The summed E-state index contributed by atoms with van der Waals surface area (Å²) in [5.41, 5.74) is 1.93. The van der Waals surface area contributed by atoms with Crippen molar-refractivity contribution in [2.45, 2.75) is 6.92 Å². The molecule has 0 spiro atoms. The molecule has 0 aliphatic carbocycles. The Morgan fingerprint density at radius 2 is 2.05 bits per heavy atom. The van der Waals surface area contributed by atoms with Crippen LogP contribution in [0.15, 0.2) is 28.7 Å². The number of benzene rings is 1. The Labute approximate surface area is 110 Å². The lowest BCUT2D eigenvalue weighted by Gasteiger charge is -1.99. The number of aryl methyl sites for hydroxylation is 1. The van der Waals surface area contributed by atoms with Crippen molar-refractivity contribution in [2.75, 3.05) is 20.3 Å². The Kier molecular flexibility index (Phi) is 4.25. The fourth-order valence-electron chi connectivity index (χ4n) is 1.47. The zero-order valence-corrected chi connectivity index (χ0v) is 10.8. The third kappa shape index (κ3) is 3.38. The number of aromatic nitrogens is 2. The summed E-state index contributed by atoms with van der Waals surface area (Å²) in [6.45, 7) is 2.83. The van der Waals surface area contributed by atoms with Gasteiger partial charge in [0.25, 0.3) is 0 Å². The summed E-state index contributed by atoms with van der Waals surface area (Å²) in [4.78, 5) is 11.7. The van der Waals surface area contributed by atoms with E-state index < -0.39 is 5.91 Å². The van der Waals surface area contributed by atoms with Gasteiger partial charge >= 0.3 is 11.8 Å². The second-order valence-corrected chi connectivity index (χ2v) is 4.03. The van der Waals surface area contributed by atoms with Gasteiger partial charge in [0.1, 0.15) is 0 Å². The van der Waals surface area contributed by atoms with Gasteiger partial charge in [-0.25, -0.2) is 0 Å². The highest BCUT2D eigenvalue weighted by molar-refractivity contribution is 5.89. The van der Waals surface area contributed by atoms with E-state index in [0.717, 1.165) is 11.1 Å². The maximum Gasteiger partial charge on any atom is 0.308 e. The van der Waals surface area contributed by atoms with Crippen LogP contribution in [0.2, 0.25) is 0 Å². The fourth-order valence-corrected chi connectivity index (χ4v) is 1.47. The Morgan fingerprint density at radius 3 is 2.74 bits per heavy atom. The molecule has 1 heterocycles. The van der Waals surface area contributed by atoms with E-state index in [0.29, 0.717) is 19.0 Å². The first-order valence-corrected chi connectivity index (χ1v) is 5.88. The highest BCUT2D eigenvalue weighted by Gasteiger charge is 2.15. The molecule has 0 saturated heterocycles. The zero-order chi connectivity index (χ0) is 13.7. The molecule has 6 nitrogen and oxygen atoms in total. The second-order valence-electron chi connectivity index (χ2n) is 4.03. The number of ether oxygens (including phenoxy) is 1. The summed E-state index contributed by atoms with van der Waals surface area (Å²) in [5.74, 6) is -0.119. The third-order valence-corrected chi connectivity index (χ3v) is 2.51. The van der Waals surface area contributed by atoms with Gasteiger partial charge in [-0.15, -0.1) is 10.2 Å². The minimum absolute atomic E-state index is 0.0494. The third-order valence-electron chi connectivity index (χ3n) is 2.51. The van der Waals surface area contributed by atoms with Gasteiger partial charge < -0.3 is 14.5 Å². The number of nitrogens with one attached hydrogen (secondary N) is 1. The Morgan fingerprint density at radius 1 is 1.32 bits per heavy atom. The standard InChI is InChI=1S/C13H15N3O3/c1-9-3-5-10(6-4-9)12-15-16-13(19-12)11(17)14-7-8-18-2/h3-6H,7-8H2,1-2H3,(H,14,17). The van der Waals surface area contributed by atoms with Crippen molar-refractivity contribution in [3.8, 4) is 11.5 Å². The van der Waals surface area contributed by atoms with Gasteiger partial charge in [-0.05, 0) is 19.1 Å². The van der Waals surface area contributed by atoms with E-state index in [4.69, 9.17) is 9.15 Å². The number of nitrogens with zero attached hydrogens (tertiary/aromatic N) is 2. The van der Waals surface area contributed by atoms with Crippen LogP contribution in [0.5, 0.6) is 0 Å². The molecule has 100 valence electrons. The van der Waals surface area contributed by atoms with E-state index in [-0.39, 0.29) is 5.89 Å². The SMILES string of the molecule is COCCNC(=O)c1nnc(-c2ccc(C)cc2)o1. The van der Waals surface area contributed by atoms with Crippen LogP contribution >= 0.6 is 0 Å². The van der Waals surface area contributed by atoms with Crippen molar-refractivity contribution in [3.63, 3.8) is 0 Å². The van der Waals surface area contributed by atoms with Crippen molar-refractivity contribution in [1.29, 1.82) is 0 Å². The molecule has 1 aromatic heterocycles. The first kappa shape index (κ1) is 13.2. The highest BCUT2D eigenvalue weighted by Crippen LogP contribution is 2.17. The molecule has 19 heavy (non-hydrogen) atoms. The van der Waals surface area contributed by atoms with Crippen LogP contribution in [-0.2, 0) is 4.74 Å². The molecule has 2 aromatic rings. The average molecular weight is 261 g/mol. The Hall–Kier alpha value is -2.21. The summed E-state index contributed by atoms with van der Waals surface area (Å²) < 4.78 is 10.2. The number of hydrogen-bond acceptors (Lipinski definition) is 5. The smallest absolute Gasteiger partial charge is 0.308 e. The topological polar surface area (TPSA) is 77.2 Å². The molecule has 0 unspecified atom stereocenters. The normalized spacial score (nSPS) is 10.4. The molecule has 0 bridgehead atoms. The summed E-state index contributed by atoms with van der Waals surface area (Å²) in [6, 6.07) is 7.63. The molecule has 0 fully saturated rings. The van der Waals surface area contributed by atoms with E-state index in [1.54, 1.807) is 7.11 Å². The van der Waals surface area contributed by atoms with Gasteiger partial charge in [-0.2, -0.15) is 0 Å². The molecule has 1 amide bonds. The van der Waals surface area contributed by atoms with Gasteiger partial charge in [0.2, 0.25) is 5.89 Å². The highest BCUT2D eigenvalue weighted by atomic mass is 16.5. The molecule has 1 aromatic carbocycles. The number of amides is 1. The quantitative estimate of drug-likeness (QED) is 0.824. The van der Waals surface area contributed by atoms with E-state index in [1.165, 1.54) is 0 Å². The summed E-state index contributed by atoms with van der Waals surface area (Å²) in [6.07, 6.45) is 0. The van der Waals surface area contributed by atoms with Crippen molar-refractivity contribution in [2.24, 2.45) is 0 Å². The zero-order valence-electron chi connectivity index (χ0n) is 10.8. The molecular formula is C13H15N3O3. The molecule has 0 atom stereocenters. The minimum Gasteiger partial charge on any atom is -0.412 e. The Bertz CT molecular complexity index is 549. The Balaban J connectivity index is 2.06. The second kappa shape index (κ2) is 6.10. The van der Waals surface area contributed by atoms with Gasteiger partial charge in [0.15, 0.2) is 0 Å². The lowest BCUT2D eigenvalue weighted by atomic mass is 10.1. The molecule has 1 N–H and O–H groups in total. The monoisotopic (exact) mass is 261 g/mol. The average Bonchev–Trinajstić information content (AvgIpc) is 2.89. The lowest BCUT2D eigenvalue weighted by molar-refractivity contribution is 0.0903. The van der Waals surface area contributed by atoms with Crippen LogP contribution in [0.25, 0.3) is 11.5 Å². The number of carbonyl (C=O) groups is 1. The van der Waals surface area contributed by atoms with Crippen molar-refractivity contribution >= 4 is 5.91 Å². The maximum absolute atomic E-state index is 11.7. The molecule has 0 aliphatic heterocycles.